The maximum absolute atomic E-state index is 11.9. The van der Waals surface area contributed by atoms with Crippen molar-refractivity contribution in [3.8, 4) is 0 Å². The Morgan fingerprint density at radius 1 is 1.10 bits per heavy atom. The molecule has 1 amide bonds. The Morgan fingerprint density at radius 2 is 1.71 bits per heavy atom. The van der Waals surface area contributed by atoms with Crippen LogP contribution in [0.15, 0.2) is 0 Å². The van der Waals surface area contributed by atoms with Crippen molar-refractivity contribution in [1.29, 1.82) is 0 Å². The molecule has 2 heterocycles. The summed E-state index contributed by atoms with van der Waals surface area (Å²) < 4.78 is 11.5. The van der Waals surface area contributed by atoms with Gasteiger partial charge >= 0.3 is 6.09 Å². The molecule has 0 bridgehead atoms. The van der Waals surface area contributed by atoms with E-state index < -0.39 is 5.60 Å². The van der Waals surface area contributed by atoms with Crippen LogP contribution in [-0.2, 0) is 9.47 Å². The molecule has 0 radical (unpaired) electrons. The highest BCUT2D eigenvalue weighted by Crippen LogP contribution is 2.20. The van der Waals surface area contributed by atoms with Gasteiger partial charge in [-0.3, -0.25) is 0 Å². The average Bonchev–Trinajstić information content (AvgIpc) is 2.89. The van der Waals surface area contributed by atoms with E-state index in [-0.39, 0.29) is 12.2 Å². The van der Waals surface area contributed by atoms with E-state index >= 15 is 0 Å². The lowest BCUT2D eigenvalue weighted by molar-refractivity contribution is -0.0234. The molecule has 1 N–H and O–H groups in total. The van der Waals surface area contributed by atoms with Crippen molar-refractivity contribution < 1.29 is 14.3 Å². The Hall–Kier alpha value is -0.810. The van der Waals surface area contributed by atoms with Crippen molar-refractivity contribution in [1.82, 2.24) is 10.2 Å². The molecule has 21 heavy (non-hydrogen) atoms. The fourth-order valence-corrected chi connectivity index (χ4v) is 2.54. The molecule has 2 aliphatic rings. The number of likely N-dealkylation sites (tertiary alicyclic amines) is 1. The largest absolute Gasteiger partial charge is 0.444 e. The summed E-state index contributed by atoms with van der Waals surface area (Å²) in [4.78, 5) is 13.7. The van der Waals surface area contributed by atoms with Gasteiger partial charge in [-0.1, -0.05) is 13.8 Å². The highest BCUT2D eigenvalue weighted by atomic mass is 16.6. The van der Waals surface area contributed by atoms with E-state index in [1.54, 1.807) is 4.90 Å². The first-order valence-corrected chi connectivity index (χ1v) is 8.28. The van der Waals surface area contributed by atoms with Gasteiger partial charge in [-0.2, -0.15) is 0 Å². The van der Waals surface area contributed by atoms with Crippen molar-refractivity contribution in [3.63, 3.8) is 0 Å². The minimum absolute atomic E-state index is 0.176. The zero-order chi connectivity index (χ0) is 15.9. The van der Waals surface area contributed by atoms with E-state index in [2.05, 4.69) is 5.32 Å². The SMILES string of the molecule is CC.CC(C)(C)OC(=O)N1CCC(OC2CCNCC2)C1. The van der Waals surface area contributed by atoms with Crippen LogP contribution in [0, 0.1) is 0 Å². The summed E-state index contributed by atoms with van der Waals surface area (Å²) in [5.41, 5.74) is -0.426. The molecule has 2 saturated heterocycles. The molecule has 2 aliphatic heterocycles. The summed E-state index contributed by atoms with van der Waals surface area (Å²) in [5.74, 6) is 0. The lowest BCUT2D eigenvalue weighted by Gasteiger charge is -2.27. The van der Waals surface area contributed by atoms with Gasteiger partial charge in [0.15, 0.2) is 0 Å². The minimum atomic E-state index is -0.426. The summed E-state index contributed by atoms with van der Waals surface area (Å²) >= 11 is 0. The fraction of sp³-hybridized carbons (Fsp3) is 0.938. The van der Waals surface area contributed by atoms with E-state index in [4.69, 9.17) is 9.47 Å². The summed E-state index contributed by atoms with van der Waals surface area (Å²) in [6.45, 7) is 13.2. The van der Waals surface area contributed by atoms with Crippen molar-refractivity contribution in [3.05, 3.63) is 0 Å². The third-order valence-corrected chi connectivity index (χ3v) is 3.47. The Bertz CT molecular complexity index is 309. The van der Waals surface area contributed by atoms with Crippen molar-refractivity contribution in [2.75, 3.05) is 26.2 Å². The zero-order valence-electron chi connectivity index (χ0n) is 14.3. The van der Waals surface area contributed by atoms with Crippen LogP contribution >= 0.6 is 0 Å². The number of hydrogen-bond donors (Lipinski definition) is 1. The molecular formula is C16H32N2O3. The van der Waals surface area contributed by atoms with E-state index in [1.807, 2.05) is 34.6 Å². The number of carbonyl (C=O) groups excluding carboxylic acids is 1. The maximum Gasteiger partial charge on any atom is 0.410 e. The molecule has 0 aromatic rings. The molecule has 0 saturated carbocycles. The third-order valence-electron chi connectivity index (χ3n) is 3.47. The Labute approximate surface area is 129 Å². The highest BCUT2D eigenvalue weighted by molar-refractivity contribution is 5.68. The van der Waals surface area contributed by atoms with Crippen LogP contribution < -0.4 is 5.32 Å². The normalized spacial score (nSPS) is 23.5. The molecular weight excluding hydrogens is 268 g/mol. The molecule has 124 valence electrons. The molecule has 0 aliphatic carbocycles. The number of nitrogens with zero attached hydrogens (tertiary/aromatic N) is 1. The topological polar surface area (TPSA) is 50.8 Å². The summed E-state index contributed by atoms with van der Waals surface area (Å²) in [5, 5.41) is 3.33. The van der Waals surface area contributed by atoms with Gasteiger partial charge in [0.2, 0.25) is 0 Å². The van der Waals surface area contributed by atoms with Crippen LogP contribution in [0.4, 0.5) is 4.79 Å². The molecule has 0 spiro atoms. The predicted octanol–water partition coefficient (Wildman–Crippen LogP) is 2.79. The van der Waals surface area contributed by atoms with Crippen molar-refractivity contribution >= 4 is 6.09 Å². The first kappa shape index (κ1) is 18.2. The van der Waals surface area contributed by atoms with Crippen LogP contribution in [0.25, 0.3) is 0 Å². The standard InChI is InChI=1S/C14H26N2O3.C2H6/c1-14(2,3)19-13(17)16-9-6-12(10-16)18-11-4-7-15-8-5-11;1-2/h11-12,15H,4-10H2,1-3H3;1-2H3. The first-order valence-electron chi connectivity index (χ1n) is 8.28. The summed E-state index contributed by atoms with van der Waals surface area (Å²) in [6, 6.07) is 0. The number of amides is 1. The van der Waals surface area contributed by atoms with Crippen molar-refractivity contribution in [2.45, 2.75) is 71.7 Å². The van der Waals surface area contributed by atoms with E-state index in [9.17, 15) is 4.79 Å². The van der Waals surface area contributed by atoms with Crippen LogP contribution in [0.2, 0.25) is 0 Å². The molecule has 1 unspecified atom stereocenters. The molecule has 5 nitrogen and oxygen atoms in total. The zero-order valence-corrected chi connectivity index (χ0v) is 14.3. The monoisotopic (exact) mass is 300 g/mol. The Morgan fingerprint density at radius 3 is 2.29 bits per heavy atom. The number of hydrogen-bond acceptors (Lipinski definition) is 4. The third kappa shape index (κ3) is 6.66. The molecule has 2 fully saturated rings. The molecule has 2 rings (SSSR count). The lowest BCUT2D eigenvalue weighted by atomic mass is 10.1. The fourth-order valence-electron chi connectivity index (χ4n) is 2.54. The van der Waals surface area contributed by atoms with Gasteiger partial charge in [0.25, 0.3) is 0 Å². The number of rotatable bonds is 2. The molecule has 0 aromatic carbocycles. The number of nitrogens with one attached hydrogen (secondary N) is 1. The second-order valence-corrected chi connectivity index (χ2v) is 6.42. The summed E-state index contributed by atoms with van der Waals surface area (Å²) in [7, 11) is 0. The molecule has 5 heteroatoms. The van der Waals surface area contributed by atoms with E-state index in [0.717, 1.165) is 38.9 Å². The lowest BCUT2D eigenvalue weighted by Crippen LogP contribution is -2.38. The Kier molecular flexibility index (Phi) is 7.46. The second kappa shape index (κ2) is 8.59. The van der Waals surface area contributed by atoms with Gasteiger partial charge in [0.1, 0.15) is 5.60 Å². The number of ether oxygens (including phenoxy) is 2. The predicted molar refractivity (Wildman–Crippen MR) is 84.5 cm³/mol. The number of carbonyl (C=O) groups is 1. The van der Waals surface area contributed by atoms with Gasteiger partial charge in [0, 0.05) is 6.54 Å². The van der Waals surface area contributed by atoms with E-state index in [0.29, 0.717) is 12.6 Å². The van der Waals surface area contributed by atoms with Crippen LogP contribution in [0.1, 0.15) is 53.9 Å². The molecule has 0 aromatic heterocycles. The van der Waals surface area contributed by atoms with Gasteiger partial charge in [-0.25, -0.2) is 4.79 Å². The quantitative estimate of drug-likeness (QED) is 0.852. The highest BCUT2D eigenvalue weighted by Gasteiger charge is 2.31. The van der Waals surface area contributed by atoms with Gasteiger partial charge in [-0.15, -0.1) is 0 Å². The smallest absolute Gasteiger partial charge is 0.410 e. The summed E-state index contributed by atoms with van der Waals surface area (Å²) in [6.07, 6.45) is 3.37. The van der Waals surface area contributed by atoms with Crippen LogP contribution in [-0.4, -0.2) is 55.0 Å². The van der Waals surface area contributed by atoms with Crippen LogP contribution in [0.5, 0.6) is 0 Å². The van der Waals surface area contributed by atoms with Crippen LogP contribution in [0.3, 0.4) is 0 Å². The van der Waals surface area contributed by atoms with E-state index in [1.165, 1.54) is 0 Å². The first-order chi connectivity index (χ1) is 9.94. The average molecular weight is 300 g/mol. The second-order valence-electron chi connectivity index (χ2n) is 6.42. The van der Waals surface area contributed by atoms with Crippen molar-refractivity contribution in [2.24, 2.45) is 0 Å². The van der Waals surface area contributed by atoms with Gasteiger partial charge in [0.05, 0.1) is 18.8 Å². The maximum atomic E-state index is 11.9. The molecule has 1 atom stereocenters. The van der Waals surface area contributed by atoms with Gasteiger partial charge in [-0.05, 0) is 53.1 Å². The van der Waals surface area contributed by atoms with Gasteiger partial charge < -0.3 is 19.7 Å². The Balaban J connectivity index is 0.00000106. The minimum Gasteiger partial charge on any atom is -0.444 e. The number of piperidine rings is 1.